The van der Waals surface area contributed by atoms with Gasteiger partial charge in [-0.2, -0.15) is 0 Å². The van der Waals surface area contributed by atoms with Crippen molar-refractivity contribution in [2.45, 2.75) is 0 Å². The summed E-state index contributed by atoms with van der Waals surface area (Å²) in [5.74, 6) is 0. The van der Waals surface area contributed by atoms with Gasteiger partial charge in [-0.1, -0.05) is 35.8 Å². The summed E-state index contributed by atoms with van der Waals surface area (Å²) in [6.07, 6.45) is 5.27. The Bertz CT molecular complexity index is 898. The molecule has 0 saturated carbocycles. The monoisotopic (exact) mass is 344 g/mol. The van der Waals surface area contributed by atoms with Crippen molar-refractivity contribution in [2.24, 2.45) is 4.99 Å². The van der Waals surface area contributed by atoms with Gasteiger partial charge in [0, 0.05) is 36.1 Å². The van der Waals surface area contributed by atoms with E-state index in [0.29, 0.717) is 15.7 Å². The third-order valence-corrected chi connectivity index (χ3v) is 4.28. The van der Waals surface area contributed by atoms with Crippen LogP contribution in [0, 0.1) is 0 Å². The first-order valence-electron chi connectivity index (χ1n) is 6.90. The van der Waals surface area contributed by atoms with Gasteiger partial charge in [0.15, 0.2) is 0 Å². The lowest BCUT2D eigenvalue weighted by Gasteiger charge is -2.23. The number of H-pyrrole nitrogens is 1. The third kappa shape index (κ3) is 2.83. The van der Waals surface area contributed by atoms with Crippen LogP contribution in [0.15, 0.2) is 54.3 Å². The smallest absolute Gasteiger partial charge is 0.137 e. The quantitative estimate of drug-likeness (QED) is 0.534. The zero-order valence-corrected chi connectivity index (χ0v) is 13.9. The van der Waals surface area contributed by atoms with Gasteiger partial charge in [0.25, 0.3) is 0 Å². The highest BCUT2D eigenvalue weighted by atomic mass is 35.5. The maximum absolute atomic E-state index is 6.35. The number of anilines is 1. The number of pyridine rings is 1. The predicted octanol–water partition coefficient (Wildman–Crippen LogP) is 5.01. The molecule has 2 aromatic heterocycles. The molecule has 0 aliphatic heterocycles. The van der Waals surface area contributed by atoms with Crippen molar-refractivity contribution in [2.75, 3.05) is 11.9 Å². The van der Waals surface area contributed by atoms with Gasteiger partial charge in [-0.15, -0.1) is 0 Å². The predicted molar refractivity (Wildman–Crippen MR) is 98.5 cm³/mol. The molecule has 23 heavy (non-hydrogen) atoms. The van der Waals surface area contributed by atoms with Crippen LogP contribution in [0.1, 0.15) is 5.56 Å². The first-order chi connectivity index (χ1) is 11.1. The van der Waals surface area contributed by atoms with Crippen molar-refractivity contribution in [3.8, 4) is 0 Å². The van der Waals surface area contributed by atoms with Gasteiger partial charge in [-0.05, 0) is 24.3 Å². The molecule has 3 rings (SSSR count). The van der Waals surface area contributed by atoms with Crippen molar-refractivity contribution in [1.82, 2.24) is 9.97 Å². The molecule has 0 atom stereocenters. The van der Waals surface area contributed by atoms with Gasteiger partial charge in [-0.3, -0.25) is 9.89 Å². The lowest BCUT2D eigenvalue weighted by atomic mass is 10.1. The summed E-state index contributed by atoms with van der Waals surface area (Å²) in [6, 6.07) is 9.32. The molecule has 0 bridgehead atoms. The minimum Gasteiger partial charge on any atom is -0.345 e. The van der Waals surface area contributed by atoms with Crippen molar-refractivity contribution in [3.05, 3.63) is 64.9 Å². The highest BCUT2D eigenvalue weighted by Crippen LogP contribution is 2.36. The van der Waals surface area contributed by atoms with Crippen molar-refractivity contribution in [1.29, 1.82) is 0 Å². The van der Waals surface area contributed by atoms with Gasteiger partial charge in [0.1, 0.15) is 5.65 Å². The number of benzene rings is 1. The van der Waals surface area contributed by atoms with Crippen LogP contribution < -0.4 is 4.90 Å². The van der Waals surface area contributed by atoms with E-state index in [1.54, 1.807) is 25.6 Å². The molecule has 0 aliphatic rings. The summed E-state index contributed by atoms with van der Waals surface area (Å²) in [5.41, 5.74) is 3.16. The minimum absolute atomic E-state index is 0.452. The summed E-state index contributed by atoms with van der Waals surface area (Å²) in [6.45, 7) is 4.20. The molecule has 4 nitrogen and oxygen atoms in total. The molecule has 0 saturated heterocycles. The standard InChI is InChI=1S/C17H14Cl2N4/c1-11(13-9-22-17-12(13)5-4-8-21-17)23(10-20-2)15-7-3-6-14(18)16(15)19/h3-10H,1H2,2H3,(H,21,22). The van der Waals surface area contributed by atoms with Crippen molar-refractivity contribution >= 4 is 52.0 Å². The Balaban J connectivity index is 2.11. The largest absolute Gasteiger partial charge is 0.345 e. The van der Waals surface area contributed by atoms with Gasteiger partial charge in [0.2, 0.25) is 0 Å². The average Bonchev–Trinajstić information content (AvgIpc) is 2.99. The number of hydrogen-bond donors (Lipinski definition) is 1. The molecule has 0 spiro atoms. The fraction of sp³-hybridized carbons (Fsp3) is 0.0588. The summed E-state index contributed by atoms with van der Waals surface area (Å²) in [7, 11) is 1.69. The van der Waals surface area contributed by atoms with Crippen LogP contribution in [0.3, 0.4) is 0 Å². The number of nitrogens with one attached hydrogen (secondary N) is 1. The third-order valence-electron chi connectivity index (χ3n) is 3.47. The maximum atomic E-state index is 6.35. The number of nitrogens with zero attached hydrogens (tertiary/aromatic N) is 3. The van der Waals surface area contributed by atoms with Crippen molar-refractivity contribution in [3.63, 3.8) is 0 Å². The van der Waals surface area contributed by atoms with E-state index in [2.05, 4.69) is 21.5 Å². The number of halogens is 2. The highest BCUT2D eigenvalue weighted by Gasteiger charge is 2.17. The lowest BCUT2D eigenvalue weighted by Crippen LogP contribution is -2.19. The highest BCUT2D eigenvalue weighted by molar-refractivity contribution is 6.44. The number of aromatic amines is 1. The van der Waals surface area contributed by atoms with Crippen LogP contribution in [0.5, 0.6) is 0 Å². The van der Waals surface area contributed by atoms with E-state index in [4.69, 9.17) is 23.2 Å². The summed E-state index contributed by atoms with van der Waals surface area (Å²) in [4.78, 5) is 13.4. The maximum Gasteiger partial charge on any atom is 0.137 e. The minimum atomic E-state index is 0.452. The zero-order chi connectivity index (χ0) is 16.4. The Labute approximate surface area is 144 Å². The van der Waals surface area contributed by atoms with E-state index >= 15 is 0 Å². The Hall–Kier alpha value is -2.30. The number of rotatable bonds is 4. The van der Waals surface area contributed by atoms with E-state index in [9.17, 15) is 0 Å². The molecule has 1 aromatic carbocycles. The van der Waals surface area contributed by atoms with Gasteiger partial charge in [0.05, 0.1) is 22.1 Å². The van der Waals surface area contributed by atoms with Crippen LogP contribution in [-0.4, -0.2) is 23.4 Å². The lowest BCUT2D eigenvalue weighted by molar-refractivity contribution is 1.32. The molecule has 116 valence electrons. The number of aromatic nitrogens is 2. The first-order valence-corrected chi connectivity index (χ1v) is 7.66. The number of aliphatic imine (C=N–C) groups is 1. The Morgan fingerprint density at radius 1 is 1.30 bits per heavy atom. The SMILES string of the molecule is C=C(c1c[nH]c2ncccc12)N(C=NC)c1cccc(Cl)c1Cl. The molecule has 0 amide bonds. The number of fused-ring (bicyclic) bond motifs is 1. The zero-order valence-electron chi connectivity index (χ0n) is 12.4. The van der Waals surface area contributed by atoms with E-state index < -0.39 is 0 Å². The molecule has 0 unspecified atom stereocenters. The van der Waals surface area contributed by atoms with E-state index in [0.717, 1.165) is 22.3 Å². The molecule has 2 heterocycles. The second-order valence-corrected chi connectivity index (χ2v) is 5.65. The Morgan fingerprint density at radius 2 is 2.13 bits per heavy atom. The van der Waals surface area contributed by atoms with Gasteiger partial charge >= 0.3 is 0 Å². The second-order valence-electron chi connectivity index (χ2n) is 4.87. The van der Waals surface area contributed by atoms with Crippen LogP contribution in [0.25, 0.3) is 16.7 Å². The summed E-state index contributed by atoms with van der Waals surface area (Å²) in [5, 5.41) is 1.91. The molecular weight excluding hydrogens is 331 g/mol. The second kappa shape index (κ2) is 6.44. The average molecular weight is 345 g/mol. The van der Waals surface area contributed by atoms with Crippen LogP contribution in [-0.2, 0) is 0 Å². The fourth-order valence-corrected chi connectivity index (χ4v) is 2.78. The van der Waals surface area contributed by atoms with Crippen LogP contribution in [0.4, 0.5) is 5.69 Å². The Morgan fingerprint density at radius 3 is 2.91 bits per heavy atom. The molecule has 1 N–H and O–H groups in total. The van der Waals surface area contributed by atoms with Gasteiger partial charge < -0.3 is 4.98 Å². The van der Waals surface area contributed by atoms with E-state index in [1.165, 1.54) is 0 Å². The number of hydrogen-bond acceptors (Lipinski definition) is 2. The Kier molecular flexibility index (Phi) is 4.37. The van der Waals surface area contributed by atoms with E-state index in [-0.39, 0.29) is 0 Å². The molecule has 3 aromatic rings. The van der Waals surface area contributed by atoms with Crippen LogP contribution in [0.2, 0.25) is 10.0 Å². The molecular formula is C17H14Cl2N4. The van der Waals surface area contributed by atoms with Crippen molar-refractivity contribution < 1.29 is 0 Å². The summed E-state index contributed by atoms with van der Waals surface area (Å²) >= 11 is 12.5. The first kappa shape index (κ1) is 15.6. The fourth-order valence-electron chi connectivity index (χ4n) is 2.40. The molecule has 6 heteroatoms. The molecule has 0 aliphatic carbocycles. The topological polar surface area (TPSA) is 44.3 Å². The van der Waals surface area contributed by atoms with E-state index in [1.807, 2.05) is 35.4 Å². The molecule has 0 fully saturated rings. The van der Waals surface area contributed by atoms with Gasteiger partial charge in [-0.25, -0.2) is 4.98 Å². The molecule has 0 radical (unpaired) electrons. The summed E-state index contributed by atoms with van der Waals surface area (Å²) < 4.78 is 0. The van der Waals surface area contributed by atoms with Crippen LogP contribution >= 0.6 is 23.2 Å². The normalized spacial score (nSPS) is 11.3.